The van der Waals surface area contributed by atoms with Crippen molar-refractivity contribution in [3.63, 3.8) is 0 Å². The molecule has 0 N–H and O–H groups in total. The molecule has 7 heteroatoms. The van der Waals surface area contributed by atoms with Crippen LogP contribution in [0.3, 0.4) is 0 Å². The van der Waals surface area contributed by atoms with Crippen LogP contribution in [0.1, 0.15) is 57.3 Å². The first-order valence-electron chi connectivity index (χ1n) is 13.2. The van der Waals surface area contributed by atoms with Crippen molar-refractivity contribution in [3.8, 4) is 11.5 Å². The molecule has 0 radical (unpaired) electrons. The number of likely N-dealkylation sites (tertiary alicyclic amines) is 1. The summed E-state index contributed by atoms with van der Waals surface area (Å²) in [6.45, 7) is 10.4. The molecule has 2 fully saturated rings. The van der Waals surface area contributed by atoms with Crippen molar-refractivity contribution < 1.29 is 19.0 Å². The van der Waals surface area contributed by atoms with E-state index >= 15 is 0 Å². The number of benzene rings is 1. The van der Waals surface area contributed by atoms with Crippen LogP contribution >= 0.6 is 0 Å². The first-order chi connectivity index (χ1) is 17.3. The van der Waals surface area contributed by atoms with Crippen LogP contribution in [0.4, 0.5) is 0 Å². The minimum Gasteiger partial charge on any atom is -0.490 e. The van der Waals surface area contributed by atoms with Crippen LogP contribution in [0.25, 0.3) is 0 Å². The smallest absolute Gasteiger partial charge is 0.236 e. The number of hydrogen-bond donors (Lipinski definition) is 0. The Morgan fingerprint density at radius 1 is 1.22 bits per heavy atom. The average molecular weight is 494 g/mol. The van der Waals surface area contributed by atoms with Gasteiger partial charge in [0.05, 0.1) is 25.9 Å². The highest BCUT2D eigenvalue weighted by atomic mass is 16.5. The van der Waals surface area contributed by atoms with Crippen LogP contribution in [0.15, 0.2) is 42.7 Å². The lowest BCUT2D eigenvalue weighted by atomic mass is 9.64. The Morgan fingerprint density at radius 2 is 2.03 bits per heavy atom. The maximum absolute atomic E-state index is 13.0. The number of fused-ring (bicyclic) bond motifs is 3. The quantitative estimate of drug-likeness (QED) is 0.592. The normalized spacial score (nSPS) is 24.1. The van der Waals surface area contributed by atoms with E-state index in [4.69, 9.17) is 14.2 Å². The second-order valence-corrected chi connectivity index (χ2v) is 11.3. The van der Waals surface area contributed by atoms with Crippen molar-refractivity contribution >= 4 is 5.91 Å². The second kappa shape index (κ2) is 10.0. The zero-order chi connectivity index (χ0) is 25.3. The van der Waals surface area contributed by atoms with Gasteiger partial charge in [0.1, 0.15) is 5.60 Å². The minimum atomic E-state index is -0.361. The standard InChI is InChI=1S/C29H39N3O4/c1-5-34-24-10-6-9-22-26-23(28(2,3)36-27(22)24)16-29(20-35-26)11-14-32(15-12-29)25(33)19-31(4)18-21-8-7-13-30-17-21/h6-10,13,17,23,26H,5,11-12,14-16,18-20H2,1-4H3/t23-,26+/m0/s1. The van der Waals surface area contributed by atoms with Crippen molar-refractivity contribution in [3.05, 3.63) is 53.9 Å². The van der Waals surface area contributed by atoms with Crippen LogP contribution in [0, 0.1) is 11.3 Å². The molecule has 0 unspecified atom stereocenters. The van der Waals surface area contributed by atoms with E-state index < -0.39 is 0 Å². The van der Waals surface area contributed by atoms with E-state index in [0.29, 0.717) is 13.2 Å². The Kier molecular flexibility index (Phi) is 6.97. The van der Waals surface area contributed by atoms with Crippen LogP contribution in [-0.2, 0) is 16.1 Å². The molecular weight excluding hydrogens is 454 g/mol. The number of rotatable bonds is 6. The predicted octanol–water partition coefficient (Wildman–Crippen LogP) is 4.47. The molecule has 36 heavy (non-hydrogen) atoms. The fraction of sp³-hybridized carbons (Fsp3) is 0.586. The summed E-state index contributed by atoms with van der Waals surface area (Å²) in [4.78, 5) is 21.3. The number of para-hydroxylation sites is 1. The van der Waals surface area contributed by atoms with E-state index in [9.17, 15) is 4.79 Å². The van der Waals surface area contributed by atoms with Gasteiger partial charge in [0, 0.05) is 43.5 Å². The summed E-state index contributed by atoms with van der Waals surface area (Å²) >= 11 is 0. The summed E-state index contributed by atoms with van der Waals surface area (Å²) in [7, 11) is 1.99. The first kappa shape index (κ1) is 25.0. The van der Waals surface area contributed by atoms with Gasteiger partial charge in [-0.15, -0.1) is 0 Å². The van der Waals surface area contributed by atoms with Gasteiger partial charge >= 0.3 is 0 Å². The number of hydrogen-bond acceptors (Lipinski definition) is 6. The fourth-order valence-electron chi connectivity index (χ4n) is 6.18. The van der Waals surface area contributed by atoms with Gasteiger partial charge in [-0.25, -0.2) is 0 Å². The van der Waals surface area contributed by atoms with Gasteiger partial charge in [-0.1, -0.05) is 18.2 Å². The van der Waals surface area contributed by atoms with Crippen LogP contribution in [0.5, 0.6) is 11.5 Å². The fourth-order valence-corrected chi connectivity index (χ4v) is 6.18. The molecule has 1 amide bonds. The third-order valence-electron chi connectivity index (χ3n) is 8.22. The highest BCUT2D eigenvalue weighted by molar-refractivity contribution is 5.78. The molecule has 1 aromatic heterocycles. The predicted molar refractivity (Wildman–Crippen MR) is 138 cm³/mol. The number of carbonyl (C=O) groups excluding carboxylic acids is 1. The molecule has 7 nitrogen and oxygen atoms in total. The molecular formula is C29H39N3O4. The summed E-state index contributed by atoms with van der Waals surface area (Å²) in [5, 5.41) is 0. The maximum atomic E-state index is 13.0. The summed E-state index contributed by atoms with van der Waals surface area (Å²) < 4.78 is 19.1. The average Bonchev–Trinajstić information content (AvgIpc) is 2.86. The van der Waals surface area contributed by atoms with Crippen molar-refractivity contribution in [2.24, 2.45) is 11.3 Å². The van der Waals surface area contributed by atoms with E-state index in [2.05, 4.69) is 29.8 Å². The monoisotopic (exact) mass is 493 g/mol. The van der Waals surface area contributed by atoms with E-state index in [1.807, 2.05) is 49.3 Å². The number of piperidine rings is 1. The number of amides is 1. The molecule has 1 aromatic carbocycles. The Balaban J connectivity index is 1.21. The lowest BCUT2D eigenvalue weighted by Crippen LogP contribution is -2.55. The zero-order valence-corrected chi connectivity index (χ0v) is 22.0. The molecule has 3 aliphatic heterocycles. The van der Waals surface area contributed by atoms with Crippen molar-refractivity contribution in [1.29, 1.82) is 0 Å². The molecule has 2 aromatic rings. The van der Waals surface area contributed by atoms with Crippen LogP contribution in [-0.4, -0.2) is 66.2 Å². The lowest BCUT2D eigenvalue weighted by molar-refractivity contribution is -0.176. The summed E-state index contributed by atoms with van der Waals surface area (Å²) in [6, 6.07) is 10.1. The Bertz CT molecular complexity index is 1070. The van der Waals surface area contributed by atoms with Gasteiger partial charge in [-0.2, -0.15) is 0 Å². The number of nitrogens with zero attached hydrogens (tertiary/aromatic N) is 3. The van der Waals surface area contributed by atoms with E-state index in [1.54, 1.807) is 6.20 Å². The van der Waals surface area contributed by atoms with Crippen LogP contribution in [0.2, 0.25) is 0 Å². The van der Waals surface area contributed by atoms with Crippen molar-refractivity contribution in [2.45, 2.75) is 58.3 Å². The molecule has 3 aliphatic rings. The number of ether oxygens (including phenoxy) is 3. The molecule has 0 saturated carbocycles. The molecule has 2 saturated heterocycles. The molecule has 5 rings (SSSR count). The third kappa shape index (κ3) is 4.96. The third-order valence-corrected chi connectivity index (χ3v) is 8.22. The first-order valence-corrected chi connectivity index (χ1v) is 13.2. The second-order valence-electron chi connectivity index (χ2n) is 11.3. The van der Waals surface area contributed by atoms with Crippen LogP contribution < -0.4 is 9.47 Å². The SMILES string of the molecule is CCOc1cccc2c1OC(C)(C)[C@H]1CC3(CCN(C(=O)CN(C)Cc4cccnc4)CC3)CO[C@H]21. The van der Waals surface area contributed by atoms with Gasteiger partial charge in [-0.3, -0.25) is 14.7 Å². The van der Waals surface area contributed by atoms with Crippen molar-refractivity contribution in [1.82, 2.24) is 14.8 Å². The number of likely N-dealkylation sites (N-methyl/N-ethyl adjacent to an activating group) is 1. The Hall–Kier alpha value is -2.64. The topological polar surface area (TPSA) is 64.1 Å². The van der Waals surface area contributed by atoms with Gasteiger partial charge in [0.2, 0.25) is 5.91 Å². The minimum absolute atomic E-state index is 0.00979. The van der Waals surface area contributed by atoms with Gasteiger partial charge in [0.25, 0.3) is 0 Å². The molecule has 4 heterocycles. The number of aromatic nitrogens is 1. The number of pyridine rings is 1. The summed E-state index contributed by atoms with van der Waals surface area (Å²) in [5.74, 6) is 2.08. The van der Waals surface area contributed by atoms with Gasteiger partial charge in [-0.05, 0) is 70.2 Å². The summed E-state index contributed by atoms with van der Waals surface area (Å²) in [5.41, 5.74) is 1.95. The van der Waals surface area contributed by atoms with Gasteiger partial charge < -0.3 is 19.1 Å². The maximum Gasteiger partial charge on any atom is 0.236 e. The largest absolute Gasteiger partial charge is 0.490 e. The molecule has 0 aliphatic carbocycles. The van der Waals surface area contributed by atoms with E-state index in [-0.39, 0.29) is 28.9 Å². The van der Waals surface area contributed by atoms with Gasteiger partial charge in [0.15, 0.2) is 11.5 Å². The van der Waals surface area contributed by atoms with E-state index in [1.165, 1.54) is 0 Å². The Morgan fingerprint density at radius 3 is 2.75 bits per heavy atom. The highest BCUT2D eigenvalue weighted by Crippen LogP contribution is 2.57. The zero-order valence-electron chi connectivity index (χ0n) is 22.0. The number of carbonyl (C=O) groups is 1. The molecule has 194 valence electrons. The molecule has 2 atom stereocenters. The lowest BCUT2D eigenvalue weighted by Gasteiger charge is -2.54. The highest BCUT2D eigenvalue weighted by Gasteiger charge is 2.53. The molecule has 1 spiro atoms. The van der Waals surface area contributed by atoms with E-state index in [0.717, 1.165) is 68.1 Å². The molecule has 0 bridgehead atoms. The van der Waals surface area contributed by atoms with Crippen molar-refractivity contribution in [2.75, 3.05) is 39.9 Å². The summed E-state index contributed by atoms with van der Waals surface area (Å²) in [6.07, 6.45) is 6.62. The Labute approximate surface area is 214 Å².